The normalized spacial score (nSPS) is 17.0. The monoisotopic (exact) mass is 338 g/mol. The number of nitrogens with zero attached hydrogens (tertiary/aromatic N) is 3. The van der Waals surface area contributed by atoms with Crippen LogP contribution in [0.5, 0.6) is 0 Å². The van der Waals surface area contributed by atoms with Crippen molar-refractivity contribution in [2.75, 3.05) is 50.1 Å². The summed E-state index contributed by atoms with van der Waals surface area (Å²) in [6.45, 7) is 6.40. The molecule has 0 unspecified atom stereocenters. The Morgan fingerprint density at radius 3 is 2.65 bits per heavy atom. The predicted molar refractivity (Wildman–Crippen MR) is 94.4 cm³/mol. The average molecular weight is 338 g/mol. The molecule has 0 aliphatic carbocycles. The molecule has 0 spiro atoms. The van der Waals surface area contributed by atoms with Crippen molar-refractivity contribution >= 4 is 22.5 Å². The first-order valence-corrected chi connectivity index (χ1v) is 9.30. The minimum atomic E-state index is -0.686. The highest BCUT2D eigenvalue weighted by molar-refractivity contribution is 7.85. The minimum absolute atomic E-state index is 0.0934. The van der Waals surface area contributed by atoms with Gasteiger partial charge < -0.3 is 10.2 Å². The van der Waals surface area contributed by atoms with Crippen LogP contribution in [0.4, 0.5) is 5.82 Å². The molecule has 0 radical (unpaired) electrons. The fourth-order valence-corrected chi connectivity index (χ4v) is 3.61. The second-order valence-corrected chi connectivity index (χ2v) is 8.32. The van der Waals surface area contributed by atoms with E-state index in [9.17, 15) is 9.00 Å². The third-order valence-corrected chi connectivity index (χ3v) is 5.46. The summed E-state index contributed by atoms with van der Waals surface area (Å²) < 4.78 is 11.5. The van der Waals surface area contributed by atoms with Gasteiger partial charge in [-0.15, -0.1) is 0 Å². The highest BCUT2D eigenvalue weighted by Gasteiger charge is 2.30. The van der Waals surface area contributed by atoms with Crippen LogP contribution in [0, 0.1) is 0 Å². The van der Waals surface area contributed by atoms with Crippen molar-refractivity contribution in [3.8, 4) is 0 Å². The number of carbonyl (C=O) groups excluding carboxylic acids is 1. The van der Waals surface area contributed by atoms with E-state index in [1.807, 2.05) is 19.0 Å². The Morgan fingerprint density at radius 2 is 2.04 bits per heavy atom. The lowest BCUT2D eigenvalue weighted by atomic mass is 10.0. The van der Waals surface area contributed by atoms with Crippen molar-refractivity contribution < 1.29 is 9.00 Å². The van der Waals surface area contributed by atoms with Crippen molar-refractivity contribution in [2.24, 2.45) is 0 Å². The zero-order valence-corrected chi connectivity index (χ0v) is 15.2. The lowest BCUT2D eigenvalue weighted by molar-refractivity contribution is 0.0883. The SMILES string of the molecule is CN(C)c1cc(C(=O)NCC(C)(C)N2CCS(=O)CC2)ccn1. The largest absolute Gasteiger partial charge is 0.363 e. The Kier molecular flexibility index (Phi) is 5.75. The van der Waals surface area contributed by atoms with E-state index in [2.05, 4.69) is 29.0 Å². The molecule has 0 saturated carbocycles. The van der Waals surface area contributed by atoms with Crippen LogP contribution in [0.25, 0.3) is 0 Å². The fraction of sp³-hybridized carbons (Fsp3) is 0.625. The second-order valence-electron chi connectivity index (χ2n) is 6.63. The van der Waals surface area contributed by atoms with E-state index < -0.39 is 10.8 Å². The molecule has 1 saturated heterocycles. The van der Waals surface area contributed by atoms with Gasteiger partial charge in [0.05, 0.1) is 0 Å². The summed E-state index contributed by atoms with van der Waals surface area (Å²) in [4.78, 5) is 20.8. The maximum Gasteiger partial charge on any atom is 0.251 e. The zero-order valence-electron chi connectivity index (χ0n) is 14.3. The number of nitrogens with one attached hydrogen (secondary N) is 1. The molecular weight excluding hydrogens is 312 g/mol. The first-order valence-electron chi connectivity index (χ1n) is 7.81. The van der Waals surface area contributed by atoms with Gasteiger partial charge in [0.15, 0.2) is 0 Å². The molecule has 1 N–H and O–H groups in total. The Bertz CT molecular complexity index is 579. The summed E-state index contributed by atoms with van der Waals surface area (Å²) in [5.74, 6) is 2.10. The number of hydrogen-bond acceptors (Lipinski definition) is 5. The standard InChI is InChI=1S/C16H26N4O2S/c1-16(2,20-7-9-23(22)10-8-20)12-18-15(21)13-5-6-17-14(11-13)19(3)4/h5-6,11H,7-10,12H2,1-4H3,(H,18,21). The molecule has 6 nitrogen and oxygen atoms in total. The van der Waals surface area contributed by atoms with Gasteiger partial charge >= 0.3 is 0 Å². The molecule has 2 rings (SSSR count). The van der Waals surface area contributed by atoms with Crippen LogP contribution >= 0.6 is 0 Å². The van der Waals surface area contributed by atoms with Crippen LogP contribution in [-0.4, -0.2) is 70.8 Å². The Morgan fingerprint density at radius 1 is 1.39 bits per heavy atom. The number of aromatic nitrogens is 1. The van der Waals surface area contributed by atoms with E-state index in [-0.39, 0.29) is 11.4 Å². The third kappa shape index (κ3) is 4.75. The van der Waals surface area contributed by atoms with Crippen LogP contribution < -0.4 is 10.2 Å². The number of pyridine rings is 1. The van der Waals surface area contributed by atoms with Gasteiger partial charge in [-0.3, -0.25) is 13.9 Å². The van der Waals surface area contributed by atoms with E-state index in [0.717, 1.165) is 18.9 Å². The zero-order chi connectivity index (χ0) is 17.0. The van der Waals surface area contributed by atoms with Gasteiger partial charge in [0.1, 0.15) is 5.82 Å². The van der Waals surface area contributed by atoms with Gasteiger partial charge in [0, 0.05) is 73.3 Å². The van der Waals surface area contributed by atoms with Crippen LogP contribution in [0.15, 0.2) is 18.3 Å². The maximum atomic E-state index is 12.4. The molecule has 0 bridgehead atoms. The Balaban J connectivity index is 1.95. The molecule has 1 fully saturated rings. The molecule has 128 valence electrons. The van der Waals surface area contributed by atoms with Crippen molar-refractivity contribution in [2.45, 2.75) is 19.4 Å². The molecule has 1 aliphatic heterocycles. The van der Waals surface area contributed by atoms with Crippen molar-refractivity contribution in [3.05, 3.63) is 23.9 Å². The van der Waals surface area contributed by atoms with Gasteiger partial charge in [0.2, 0.25) is 0 Å². The Hall–Kier alpha value is -1.47. The first kappa shape index (κ1) is 17.9. The lowest BCUT2D eigenvalue weighted by Crippen LogP contribution is -2.55. The highest BCUT2D eigenvalue weighted by atomic mass is 32.2. The maximum absolute atomic E-state index is 12.4. The fourth-order valence-electron chi connectivity index (χ4n) is 2.56. The molecule has 7 heteroatoms. The molecule has 0 aromatic carbocycles. The molecule has 1 amide bonds. The molecule has 2 heterocycles. The van der Waals surface area contributed by atoms with Crippen LogP contribution in [0.3, 0.4) is 0 Å². The molecule has 1 aromatic rings. The third-order valence-electron chi connectivity index (χ3n) is 4.18. The summed E-state index contributed by atoms with van der Waals surface area (Å²) >= 11 is 0. The average Bonchev–Trinajstić information content (AvgIpc) is 2.53. The van der Waals surface area contributed by atoms with Crippen LogP contribution in [-0.2, 0) is 10.8 Å². The predicted octanol–water partition coefficient (Wildman–Crippen LogP) is 0.720. The van der Waals surface area contributed by atoms with E-state index >= 15 is 0 Å². The van der Waals surface area contributed by atoms with Crippen LogP contribution in [0.2, 0.25) is 0 Å². The van der Waals surface area contributed by atoms with E-state index in [1.54, 1.807) is 18.3 Å². The van der Waals surface area contributed by atoms with Crippen molar-refractivity contribution in [1.82, 2.24) is 15.2 Å². The molecule has 23 heavy (non-hydrogen) atoms. The van der Waals surface area contributed by atoms with Gasteiger partial charge in [-0.1, -0.05) is 0 Å². The van der Waals surface area contributed by atoms with E-state index in [1.165, 1.54) is 0 Å². The number of hydrogen-bond donors (Lipinski definition) is 1. The summed E-state index contributed by atoms with van der Waals surface area (Å²) in [5.41, 5.74) is 0.455. The number of carbonyl (C=O) groups is 1. The van der Waals surface area contributed by atoms with Gasteiger partial charge in [-0.2, -0.15) is 0 Å². The van der Waals surface area contributed by atoms with E-state index in [4.69, 9.17) is 0 Å². The number of anilines is 1. The van der Waals surface area contributed by atoms with Gasteiger partial charge in [-0.25, -0.2) is 4.98 Å². The quantitative estimate of drug-likeness (QED) is 0.857. The Labute approximate surface area is 140 Å². The minimum Gasteiger partial charge on any atom is -0.363 e. The highest BCUT2D eigenvalue weighted by Crippen LogP contribution is 2.16. The number of rotatable bonds is 5. The summed E-state index contributed by atoms with van der Waals surface area (Å²) in [6.07, 6.45) is 1.65. The van der Waals surface area contributed by atoms with Crippen molar-refractivity contribution in [1.29, 1.82) is 0 Å². The topological polar surface area (TPSA) is 65.5 Å². The van der Waals surface area contributed by atoms with Crippen molar-refractivity contribution in [3.63, 3.8) is 0 Å². The first-order chi connectivity index (χ1) is 10.8. The summed E-state index contributed by atoms with van der Waals surface area (Å²) in [6, 6.07) is 3.51. The summed E-state index contributed by atoms with van der Waals surface area (Å²) in [5, 5.41) is 3.01. The van der Waals surface area contributed by atoms with Gasteiger partial charge in [-0.05, 0) is 26.0 Å². The molecule has 1 aliphatic rings. The van der Waals surface area contributed by atoms with Gasteiger partial charge in [0.25, 0.3) is 5.91 Å². The lowest BCUT2D eigenvalue weighted by Gasteiger charge is -2.40. The summed E-state index contributed by atoms with van der Waals surface area (Å²) in [7, 11) is 3.11. The molecular formula is C16H26N4O2S. The smallest absolute Gasteiger partial charge is 0.251 e. The second kappa shape index (κ2) is 7.40. The molecule has 1 aromatic heterocycles. The van der Waals surface area contributed by atoms with Crippen LogP contribution in [0.1, 0.15) is 24.2 Å². The number of amides is 1. The van der Waals surface area contributed by atoms with E-state index in [0.29, 0.717) is 23.6 Å². The molecule has 0 atom stereocenters.